The van der Waals surface area contributed by atoms with E-state index in [0.29, 0.717) is 5.92 Å². The first-order chi connectivity index (χ1) is 6.24. The molecule has 70 valence electrons. The molecule has 0 atom stereocenters. The Balaban J connectivity index is 2.75. The van der Waals surface area contributed by atoms with E-state index >= 15 is 0 Å². The summed E-state index contributed by atoms with van der Waals surface area (Å²) >= 11 is 0. The van der Waals surface area contributed by atoms with Crippen molar-refractivity contribution in [1.29, 1.82) is 0 Å². The van der Waals surface area contributed by atoms with Crippen LogP contribution in [-0.2, 0) is 0 Å². The Morgan fingerprint density at radius 2 is 2.15 bits per heavy atom. The van der Waals surface area contributed by atoms with E-state index in [0.717, 1.165) is 12.1 Å². The van der Waals surface area contributed by atoms with Crippen LogP contribution in [-0.4, -0.2) is 4.98 Å². The fourth-order valence-corrected chi connectivity index (χ4v) is 1.11. The van der Waals surface area contributed by atoms with Gasteiger partial charge >= 0.3 is 0 Å². The van der Waals surface area contributed by atoms with Gasteiger partial charge in [-0.1, -0.05) is 39.0 Å². The Bertz CT molecular complexity index is 270. The Hall–Kier alpha value is -1.11. The molecule has 0 aromatic carbocycles. The second kappa shape index (κ2) is 4.80. The number of allylic oxidation sites excluding steroid dienone is 1. The third kappa shape index (κ3) is 3.02. The lowest BCUT2D eigenvalue weighted by Crippen LogP contribution is -1.91. The molecule has 1 aromatic rings. The SMILES string of the molecule is CC/C=C/c1ccc(C(C)C)nc1. The number of nitrogens with zero attached hydrogens (tertiary/aromatic N) is 1. The summed E-state index contributed by atoms with van der Waals surface area (Å²) in [6.45, 7) is 6.44. The normalized spacial score (nSPS) is 11.4. The highest BCUT2D eigenvalue weighted by Gasteiger charge is 1.98. The summed E-state index contributed by atoms with van der Waals surface area (Å²) in [5, 5.41) is 0. The van der Waals surface area contributed by atoms with E-state index in [9.17, 15) is 0 Å². The van der Waals surface area contributed by atoms with Crippen LogP contribution in [0.4, 0.5) is 0 Å². The third-order valence-corrected chi connectivity index (χ3v) is 1.95. The van der Waals surface area contributed by atoms with Crippen LogP contribution in [0.2, 0.25) is 0 Å². The van der Waals surface area contributed by atoms with Gasteiger partial charge in [0.15, 0.2) is 0 Å². The minimum absolute atomic E-state index is 0.518. The first-order valence-corrected chi connectivity index (χ1v) is 4.86. The van der Waals surface area contributed by atoms with Gasteiger partial charge in [0.05, 0.1) is 0 Å². The van der Waals surface area contributed by atoms with Gasteiger partial charge in [0.2, 0.25) is 0 Å². The van der Waals surface area contributed by atoms with Crippen LogP contribution >= 0.6 is 0 Å². The molecular formula is C12H17N. The maximum Gasteiger partial charge on any atom is 0.0429 e. The topological polar surface area (TPSA) is 12.9 Å². The molecule has 1 nitrogen and oxygen atoms in total. The molecule has 0 spiro atoms. The predicted octanol–water partition coefficient (Wildman–Crippen LogP) is 3.63. The predicted molar refractivity (Wildman–Crippen MR) is 57.7 cm³/mol. The van der Waals surface area contributed by atoms with E-state index in [1.165, 1.54) is 5.56 Å². The molecule has 0 radical (unpaired) electrons. The van der Waals surface area contributed by atoms with E-state index in [2.05, 4.69) is 50.0 Å². The van der Waals surface area contributed by atoms with E-state index in [1.54, 1.807) is 0 Å². The summed E-state index contributed by atoms with van der Waals surface area (Å²) in [6, 6.07) is 4.22. The number of aromatic nitrogens is 1. The summed E-state index contributed by atoms with van der Waals surface area (Å²) in [4.78, 5) is 4.38. The molecule has 1 heteroatoms. The van der Waals surface area contributed by atoms with Crippen LogP contribution < -0.4 is 0 Å². The summed E-state index contributed by atoms with van der Waals surface area (Å²) in [5.41, 5.74) is 2.35. The van der Waals surface area contributed by atoms with Crippen molar-refractivity contribution in [3.05, 3.63) is 35.7 Å². The minimum atomic E-state index is 0.518. The van der Waals surface area contributed by atoms with Crippen LogP contribution in [0.15, 0.2) is 24.4 Å². The maximum atomic E-state index is 4.38. The molecule has 0 aliphatic heterocycles. The Morgan fingerprint density at radius 1 is 1.38 bits per heavy atom. The van der Waals surface area contributed by atoms with Crippen LogP contribution in [0.3, 0.4) is 0 Å². The van der Waals surface area contributed by atoms with Crippen molar-refractivity contribution in [2.45, 2.75) is 33.1 Å². The van der Waals surface area contributed by atoms with Gasteiger partial charge in [0.1, 0.15) is 0 Å². The third-order valence-electron chi connectivity index (χ3n) is 1.95. The zero-order valence-corrected chi connectivity index (χ0v) is 8.62. The zero-order chi connectivity index (χ0) is 9.68. The van der Waals surface area contributed by atoms with Crippen LogP contribution in [0.5, 0.6) is 0 Å². The molecular weight excluding hydrogens is 158 g/mol. The van der Waals surface area contributed by atoms with Gasteiger partial charge in [0, 0.05) is 11.9 Å². The highest BCUT2D eigenvalue weighted by molar-refractivity contribution is 5.47. The fraction of sp³-hybridized carbons (Fsp3) is 0.417. The van der Waals surface area contributed by atoms with Crippen LogP contribution in [0, 0.1) is 0 Å². The van der Waals surface area contributed by atoms with Crippen molar-refractivity contribution in [3.63, 3.8) is 0 Å². The number of pyridine rings is 1. The van der Waals surface area contributed by atoms with Crippen LogP contribution in [0.25, 0.3) is 6.08 Å². The van der Waals surface area contributed by atoms with Crippen molar-refractivity contribution in [2.75, 3.05) is 0 Å². The summed E-state index contributed by atoms with van der Waals surface area (Å²) in [6.07, 6.45) is 7.26. The molecule has 1 rings (SSSR count). The van der Waals surface area contributed by atoms with Gasteiger partial charge in [-0.25, -0.2) is 0 Å². The molecule has 0 unspecified atom stereocenters. The van der Waals surface area contributed by atoms with Gasteiger partial charge in [0.25, 0.3) is 0 Å². The molecule has 13 heavy (non-hydrogen) atoms. The molecule has 0 saturated heterocycles. The van der Waals surface area contributed by atoms with E-state index in [-0.39, 0.29) is 0 Å². The van der Waals surface area contributed by atoms with Gasteiger partial charge in [-0.15, -0.1) is 0 Å². The van der Waals surface area contributed by atoms with E-state index in [4.69, 9.17) is 0 Å². The van der Waals surface area contributed by atoms with Gasteiger partial charge in [-0.2, -0.15) is 0 Å². The largest absolute Gasteiger partial charge is 0.260 e. The standard InChI is InChI=1S/C12H17N/c1-4-5-6-11-7-8-12(10(2)3)13-9-11/h5-10H,4H2,1-3H3/b6-5+. The average molecular weight is 175 g/mol. The van der Waals surface area contributed by atoms with Crippen molar-refractivity contribution in [3.8, 4) is 0 Å². The highest BCUT2D eigenvalue weighted by atomic mass is 14.7. The summed E-state index contributed by atoms with van der Waals surface area (Å²) in [5.74, 6) is 0.518. The number of hydrogen-bond donors (Lipinski definition) is 0. The molecule has 0 saturated carbocycles. The number of rotatable bonds is 3. The van der Waals surface area contributed by atoms with Crippen LogP contribution in [0.1, 0.15) is 44.4 Å². The molecule has 1 aromatic heterocycles. The first-order valence-electron chi connectivity index (χ1n) is 4.86. The fourth-order valence-electron chi connectivity index (χ4n) is 1.11. The number of hydrogen-bond acceptors (Lipinski definition) is 1. The molecule has 0 amide bonds. The molecule has 0 bridgehead atoms. The first kappa shape index (κ1) is 9.97. The van der Waals surface area contributed by atoms with Gasteiger partial charge in [-0.3, -0.25) is 4.98 Å². The highest BCUT2D eigenvalue weighted by Crippen LogP contribution is 2.11. The maximum absolute atomic E-state index is 4.38. The lowest BCUT2D eigenvalue weighted by molar-refractivity contribution is 0.822. The van der Waals surface area contributed by atoms with Crippen molar-refractivity contribution in [2.24, 2.45) is 0 Å². The van der Waals surface area contributed by atoms with E-state index < -0.39 is 0 Å². The summed E-state index contributed by atoms with van der Waals surface area (Å²) < 4.78 is 0. The zero-order valence-electron chi connectivity index (χ0n) is 8.62. The second-order valence-electron chi connectivity index (χ2n) is 3.48. The van der Waals surface area contributed by atoms with E-state index in [1.807, 2.05) is 6.20 Å². The van der Waals surface area contributed by atoms with Crippen molar-refractivity contribution in [1.82, 2.24) is 4.98 Å². The van der Waals surface area contributed by atoms with Gasteiger partial charge < -0.3 is 0 Å². The van der Waals surface area contributed by atoms with Gasteiger partial charge in [-0.05, 0) is 24.0 Å². The Morgan fingerprint density at radius 3 is 2.62 bits per heavy atom. The lowest BCUT2D eigenvalue weighted by atomic mass is 10.1. The molecule has 0 aliphatic rings. The quantitative estimate of drug-likeness (QED) is 0.683. The smallest absolute Gasteiger partial charge is 0.0429 e. The average Bonchev–Trinajstić information content (AvgIpc) is 2.15. The molecule has 0 aliphatic carbocycles. The summed E-state index contributed by atoms with van der Waals surface area (Å²) in [7, 11) is 0. The molecule has 0 N–H and O–H groups in total. The lowest BCUT2D eigenvalue weighted by Gasteiger charge is -2.03. The van der Waals surface area contributed by atoms with Crippen molar-refractivity contribution < 1.29 is 0 Å². The Kier molecular flexibility index (Phi) is 3.69. The Labute approximate surface area is 80.5 Å². The molecule has 1 heterocycles. The van der Waals surface area contributed by atoms with Crippen molar-refractivity contribution >= 4 is 6.08 Å². The molecule has 0 fully saturated rings. The second-order valence-corrected chi connectivity index (χ2v) is 3.48. The minimum Gasteiger partial charge on any atom is -0.260 e. The monoisotopic (exact) mass is 175 g/mol.